The summed E-state index contributed by atoms with van der Waals surface area (Å²) in [6.45, 7) is 1.92. The highest BCUT2D eigenvalue weighted by Crippen LogP contribution is 2.29. The molecule has 4 rings (SSSR count). The van der Waals surface area contributed by atoms with Gasteiger partial charge in [0.1, 0.15) is 11.5 Å². The van der Waals surface area contributed by atoms with Crippen LogP contribution in [0.1, 0.15) is 17.9 Å². The number of nitrogens with one attached hydrogen (secondary N) is 1. The number of halogens is 1. The van der Waals surface area contributed by atoms with E-state index in [0.29, 0.717) is 40.3 Å². The van der Waals surface area contributed by atoms with Crippen molar-refractivity contribution in [3.05, 3.63) is 89.7 Å². The minimum absolute atomic E-state index is 0.127. The average Bonchev–Trinajstić information content (AvgIpc) is 3.24. The first kappa shape index (κ1) is 20.6. The number of hydrogen-bond acceptors (Lipinski definition) is 5. The molecule has 1 amide bonds. The number of ether oxygens (including phenoxy) is 1. The van der Waals surface area contributed by atoms with Crippen LogP contribution in [0.2, 0.25) is 5.02 Å². The molecule has 31 heavy (non-hydrogen) atoms. The number of nitrogens with zero attached hydrogens (tertiary/aromatic N) is 2. The lowest BCUT2D eigenvalue weighted by Crippen LogP contribution is -2.12. The number of rotatable bonds is 7. The summed E-state index contributed by atoms with van der Waals surface area (Å²) in [5, 5.41) is 3.49. The molecule has 0 saturated heterocycles. The highest BCUT2D eigenvalue weighted by molar-refractivity contribution is 6.33. The molecular weight excluding hydrogens is 414 g/mol. The maximum absolute atomic E-state index is 12.4. The second kappa shape index (κ2) is 9.45. The molecule has 0 radical (unpaired) electrons. The van der Waals surface area contributed by atoms with Crippen molar-refractivity contribution in [1.29, 1.82) is 0 Å². The van der Waals surface area contributed by atoms with Crippen molar-refractivity contribution < 1.29 is 13.9 Å². The van der Waals surface area contributed by atoms with Crippen LogP contribution in [0.25, 0.3) is 11.3 Å². The van der Waals surface area contributed by atoms with Crippen molar-refractivity contribution >= 4 is 23.2 Å². The fourth-order valence-corrected chi connectivity index (χ4v) is 3.26. The Hall–Kier alpha value is -3.64. The Bertz CT molecular complexity index is 1190. The Balaban J connectivity index is 1.33. The second-order valence-electron chi connectivity index (χ2n) is 6.92. The van der Waals surface area contributed by atoms with Gasteiger partial charge in [-0.3, -0.25) is 9.78 Å². The summed E-state index contributed by atoms with van der Waals surface area (Å²) in [7, 11) is 0. The van der Waals surface area contributed by atoms with E-state index in [1.165, 1.54) is 0 Å². The van der Waals surface area contributed by atoms with Gasteiger partial charge in [0.15, 0.2) is 11.7 Å². The van der Waals surface area contributed by atoms with Crippen LogP contribution >= 0.6 is 11.6 Å². The summed E-state index contributed by atoms with van der Waals surface area (Å²) >= 11 is 6.19. The van der Waals surface area contributed by atoms with Crippen LogP contribution < -0.4 is 10.1 Å². The van der Waals surface area contributed by atoms with Gasteiger partial charge >= 0.3 is 0 Å². The number of pyridine rings is 1. The number of amides is 1. The third kappa shape index (κ3) is 5.29. The van der Waals surface area contributed by atoms with Gasteiger partial charge in [-0.1, -0.05) is 23.7 Å². The van der Waals surface area contributed by atoms with Crippen molar-refractivity contribution in [3.8, 4) is 22.8 Å². The van der Waals surface area contributed by atoms with Crippen LogP contribution in [-0.4, -0.2) is 15.9 Å². The van der Waals surface area contributed by atoms with E-state index < -0.39 is 0 Å². The highest BCUT2D eigenvalue weighted by atomic mass is 35.5. The number of aryl methyl sites for hydroxylation is 2. The van der Waals surface area contributed by atoms with Crippen LogP contribution in [0.5, 0.6) is 11.5 Å². The predicted molar refractivity (Wildman–Crippen MR) is 119 cm³/mol. The molecule has 0 unspecified atom stereocenters. The van der Waals surface area contributed by atoms with Crippen molar-refractivity contribution in [3.63, 3.8) is 0 Å². The first-order valence-corrected chi connectivity index (χ1v) is 10.1. The number of carbonyl (C=O) groups excluding carboxylic acids is 1. The lowest BCUT2D eigenvalue weighted by molar-refractivity contribution is -0.116. The maximum Gasteiger partial charge on any atom is 0.224 e. The SMILES string of the molecule is Cc1cc(NC(=O)CCc2ncc(-c3ccccc3Cl)o2)ccc1Oc1cccnc1. The van der Waals surface area contributed by atoms with Crippen LogP contribution in [0, 0.1) is 6.92 Å². The summed E-state index contributed by atoms with van der Waals surface area (Å²) in [4.78, 5) is 20.6. The Morgan fingerprint density at radius 1 is 1.13 bits per heavy atom. The Morgan fingerprint density at radius 3 is 2.77 bits per heavy atom. The maximum atomic E-state index is 12.4. The zero-order chi connectivity index (χ0) is 21.6. The summed E-state index contributed by atoms with van der Waals surface area (Å²) in [5.41, 5.74) is 2.38. The Kier molecular flexibility index (Phi) is 6.29. The lowest BCUT2D eigenvalue weighted by atomic mass is 10.2. The number of carbonyl (C=O) groups is 1. The quantitative estimate of drug-likeness (QED) is 0.383. The monoisotopic (exact) mass is 433 g/mol. The predicted octanol–water partition coefficient (Wildman–Crippen LogP) is 6.06. The smallest absolute Gasteiger partial charge is 0.224 e. The first-order valence-electron chi connectivity index (χ1n) is 9.76. The van der Waals surface area contributed by atoms with E-state index in [2.05, 4.69) is 15.3 Å². The Morgan fingerprint density at radius 2 is 2.00 bits per heavy atom. The van der Waals surface area contributed by atoms with E-state index in [1.54, 1.807) is 30.7 Å². The van der Waals surface area contributed by atoms with Crippen LogP contribution in [-0.2, 0) is 11.2 Å². The van der Waals surface area contributed by atoms with E-state index in [4.69, 9.17) is 20.8 Å². The summed E-state index contributed by atoms with van der Waals surface area (Å²) in [6, 6.07) is 16.5. The number of benzene rings is 2. The fourth-order valence-electron chi connectivity index (χ4n) is 3.03. The molecule has 4 aromatic rings. The van der Waals surface area contributed by atoms with Crippen LogP contribution in [0.4, 0.5) is 5.69 Å². The fraction of sp³-hybridized carbons (Fsp3) is 0.125. The molecule has 0 aliphatic rings. The third-order valence-electron chi connectivity index (χ3n) is 4.58. The van der Waals surface area contributed by atoms with E-state index in [-0.39, 0.29) is 12.3 Å². The molecule has 156 valence electrons. The molecule has 2 aromatic heterocycles. The number of oxazole rings is 1. The van der Waals surface area contributed by atoms with Gasteiger partial charge in [0.25, 0.3) is 0 Å². The van der Waals surface area contributed by atoms with Crippen molar-refractivity contribution in [1.82, 2.24) is 9.97 Å². The van der Waals surface area contributed by atoms with Crippen molar-refractivity contribution in [2.24, 2.45) is 0 Å². The van der Waals surface area contributed by atoms with Gasteiger partial charge in [-0.15, -0.1) is 0 Å². The van der Waals surface area contributed by atoms with Crippen LogP contribution in [0.15, 0.2) is 77.6 Å². The van der Waals surface area contributed by atoms with Gasteiger partial charge in [0.2, 0.25) is 5.91 Å². The van der Waals surface area contributed by atoms with Gasteiger partial charge < -0.3 is 14.5 Å². The standard InChI is InChI=1S/C24H20ClN3O3/c1-16-13-17(8-9-21(16)30-18-5-4-12-26-14-18)28-23(29)10-11-24-27-15-22(31-24)19-6-2-3-7-20(19)25/h2-9,12-15H,10-11H2,1H3,(H,28,29). The van der Waals surface area contributed by atoms with E-state index in [9.17, 15) is 4.79 Å². The normalized spacial score (nSPS) is 10.6. The molecule has 0 bridgehead atoms. The van der Waals surface area contributed by atoms with Crippen LogP contribution in [0.3, 0.4) is 0 Å². The number of anilines is 1. The topological polar surface area (TPSA) is 77.2 Å². The van der Waals surface area contributed by atoms with E-state index in [0.717, 1.165) is 11.1 Å². The number of hydrogen-bond donors (Lipinski definition) is 1. The zero-order valence-electron chi connectivity index (χ0n) is 16.8. The van der Waals surface area contributed by atoms with Gasteiger partial charge in [-0.25, -0.2) is 4.98 Å². The summed E-state index contributed by atoms with van der Waals surface area (Å²) < 4.78 is 11.6. The molecule has 0 saturated carbocycles. The summed E-state index contributed by atoms with van der Waals surface area (Å²) in [6.07, 6.45) is 5.59. The van der Waals surface area contributed by atoms with Gasteiger partial charge in [-0.05, 0) is 55.0 Å². The minimum Gasteiger partial charge on any atom is -0.455 e. The molecule has 2 heterocycles. The molecule has 6 nitrogen and oxygen atoms in total. The minimum atomic E-state index is -0.127. The third-order valence-corrected chi connectivity index (χ3v) is 4.91. The summed E-state index contributed by atoms with van der Waals surface area (Å²) in [5.74, 6) is 2.31. The van der Waals surface area contributed by atoms with Crippen molar-refractivity contribution in [2.75, 3.05) is 5.32 Å². The van der Waals surface area contributed by atoms with Gasteiger partial charge in [-0.2, -0.15) is 0 Å². The zero-order valence-corrected chi connectivity index (χ0v) is 17.6. The molecule has 0 aliphatic heterocycles. The second-order valence-corrected chi connectivity index (χ2v) is 7.32. The average molecular weight is 434 g/mol. The Labute approximate surface area is 184 Å². The molecule has 1 N–H and O–H groups in total. The largest absolute Gasteiger partial charge is 0.455 e. The lowest BCUT2D eigenvalue weighted by Gasteiger charge is -2.11. The molecule has 0 spiro atoms. The number of aromatic nitrogens is 2. The van der Waals surface area contributed by atoms with E-state index >= 15 is 0 Å². The van der Waals surface area contributed by atoms with Gasteiger partial charge in [0, 0.05) is 30.3 Å². The molecule has 7 heteroatoms. The molecular formula is C24H20ClN3O3. The van der Waals surface area contributed by atoms with Crippen molar-refractivity contribution in [2.45, 2.75) is 19.8 Å². The molecule has 0 atom stereocenters. The van der Waals surface area contributed by atoms with E-state index in [1.807, 2.05) is 49.4 Å². The van der Waals surface area contributed by atoms with Gasteiger partial charge in [0.05, 0.1) is 17.4 Å². The molecule has 2 aromatic carbocycles. The first-order chi connectivity index (χ1) is 15.1. The molecule has 0 fully saturated rings. The highest BCUT2D eigenvalue weighted by Gasteiger charge is 2.12. The molecule has 0 aliphatic carbocycles.